The molecule has 2 nitrogen and oxygen atoms in total. The van der Waals surface area contributed by atoms with Gasteiger partial charge in [0.25, 0.3) is 0 Å². The Morgan fingerprint density at radius 3 is 2.42 bits per heavy atom. The van der Waals surface area contributed by atoms with Gasteiger partial charge in [0, 0.05) is 20.3 Å². The van der Waals surface area contributed by atoms with Gasteiger partial charge in [-0.1, -0.05) is 12.2 Å². The second-order valence-electron chi connectivity index (χ2n) is 4.32. The van der Waals surface area contributed by atoms with Crippen molar-refractivity contribution in [1.82, 2.24) is 0 Å². The van der Waals surface area contributed by atoms with E-state index in [0.717, 1.165) is 26.9 Å². The van der Waals surface area contributed by atoms with E-state index in [9.17, 15) is 0 Å². The quantitative estimate of drug-likeness (QED) is 0.828. The maximum Gasteiger partial charge on any atom is 0.125 e. The van der Waals surface area contributed by atoms with Crippen molar-refractivity contribution in [3.8, 4) is 5.75 Å². The van der Waals surface area contributed by atoms with Crippen molar-refractivity contribution < 1.29 is 4.74 Å². The number of rotatable bonds is 4. The molecule has 0 saturated carbocycles. The molecule has 1 aromatic carbocycles. The molecule has 2 aromatic rings. The Morgan fingerprint density at radius 2 is 1.95 bits per heavy atom. The van der Waals surface area contributed by atoms with Gasteiger partial charge in [0.1, 0.15) is 17.3 Å². The lowest BCUT2D eigenvalue weighted by molar-refractivity contribution is 0.305. The summed E-state index contributed by atoms with van der Waals surface area (Å²) in [5, 5.41) is 2.05. The highest BCUT2D eigenvalue weighted by atomic mass is 79.9. The minimum Gasteiger partial charge on any atom is -0.488 e. The molecule has 0 aliphatic carbocycles. The minimum atomic E-state index is 0.417. The van der Waals surface area contributed by atoms with E-state index < -0.39 is 0 Å². The van der Waals surface area contributed by atoms with Crippen molar-refractivity contribution in [1.29, 1.82) is 0 Å². The van der Waals surface area contributed by atoms with Gasteiger partial charge in [0.2, 0.25) is 0 Å². The van der Waals surface area contributed by atoms with Crippen molar-refractivity contribution in [2.75, 3.05) is 0 Å². The van der Waals surface area contributed by atoms with Crippen molar-refractivity contribution in [3.63, 3.8) is 0 Å². The molecule has 0 unspecified atom stereocenters. The van der Waals surface area contributed by atoms with Gasteiger partial charge >= 0.3 is 0 Å². The smallest absolute Gasteiger partial charge is 0.125 e. The number of thiophene rings is 1. The van der Waals surface area contributed by atoms with Crippen LogP contribution in [0, 0.1) is 13.8 Å². The van der Waals surface area contributed by atoms with Crippen LogP contribution in [0.15, 0.2) is 28.1 Å². The minimum absolute atomic E-state index is 0.417. The van der Waals surface area contributed by atoms with E-state index in [0.29, 0.717) is 11.6 Å². The molecule has 0 saturated heterocycles. The van der Waals surface area contributed by atoms with Gasteiger partial charge in [-0.2, -0.15) is 0 Å². The summed E-state index contributed by atoms with van der Waals surface area (Å²) < 4.78 is 7.00. The molecule has 2 rings (SSSR count). The van der Waals surface area contributed by atoms with Gasteiger partial charge in [-0.15, -0.1) is 11.3 Å². The number of hydrogen-bond acceptors (Lipinski definition) is 3. The van der Waals surface area contributed by atoms with Gasteiger partial charge < -0.3 is 10.5 Å². The van der Waals surface area contributed by atoms with Crippen molar-refractivity contribution in [2.24, 2.45) is 5.73 Å². The Labute approximate surface area is 130 Å². The largest absolute Gasteiger partial charge is 0.488 e. The van der Waals surface area contributed by atoms with E-state index in [1.807, 2.05) is 31.4 Å². The number of aryl methyl sites for hydroxylation is 2. The molecule has 0 atom stereocenters. The summed E-state index contributed by atoms with van der Waals surface area (Å²) in [6.45, 7) is 4.59. The number of halogens is 1. The van der Waals surface area contributed by atoms with Crippen LogP contribution >= 0.6 is 39.5 Å². The average Bonchev–Trinajstić information content (AvgIpc) is 2.73. The molecule has 100 valence electrons. The maximum atomic E-state index is 5.91. The summed E-state index contributed by atoms with van der Waals surface area (Å²) in [5.74, 6) is 0.907. The van der Waals surface area contributed by atoms with Crippen molar-refractivity contribution in [2.45, 2.75) is 20.5 Å². The highest BCUT2D eigenvalue weighted by Gasteiger charge is 2.09. The number of benzene rings is 1. The van der Waals surface area contributed by atoms with E-state index in [1.54, 1.807) is 11.3 Å². The predicted molar refractivity (Wildman–Crippen MR) is 88.2 cm³/mol. The first-order valence-electron chi connectivity index (χ1n) is 5.74. The van der Waals surface area contributed by atoms with Crippen LogP contribution in [-0.2, 0) is 6.61 Å². The number of ether oxygens (including phenoxy) is 1. The first-order valence-corrected chi connectivity index (χ1v) is 7.82. The van der Waals surface area contributed by atoms with Crippen molar-refractivity contribution >= 4 is 44.5 Å². The summed E-state index contributed by atoms with van der Waals surface area (Å²) in [7, 11) is 0. The van der Waals surface area contributed by atoms with Gasteiger partial charge in [-0.25, -0.2) is 0 Å². The van der Waals surface area contributed by atoms with E-state index in [2.05, 4.69) is 22.0 Å². The summed E-state index contributed by atoms with van der Waals surface area (Å²) >= 11 is 10.1. The van der Waals surface area contributed by atoms with E-state index in [-0.39, 0.29) is 0 Å². The molecule has 0 amide bonds. The summed E-state index contributed by atoms with van der Waals surface area (Å²) in [6.07, 6.45) is 0. The normalized spacial score (nSPS) is 10.5. The third-order valence-electron chi connectivity index (χ3n) is 2.73. The zero-order valence-electron chi connectivity index (χ0n) is 10.7. The molecule has 0 aliphatic rings. The number of thiocarbonyl (C=S) groups is 1. The molecule has 19 heavy (non-hydrogen) atoms. The van der Waals surface area contributed by atoms with Crippen LogP contribution in [0.1, 0.15) is 21.6 Å². The molecule has 5 heteroatoms. The molecule has 0 spiro atoms. The summed E-state index contributed by atoms with van der Waals surface area (Å²) in [6, 6.07) is 6.00. The van der Waals surface area contributed by atoms with Crippen LogP contribution in [0.25, 0.3) is 0 Å². The number of hydrogen-bond donors (Lipinski definition) is 1. The second-order valence-corrected chi connectivity index (χ2v) is 6.67. The molecule has 1 heterocycles. The third kappa shape index (κ3) is 3.55. The zero-order valence-corrected chi connectivity index (χ0v) is 13.9. The first-order chi connectivity index (χ1) is 8.97. The predicted octanol–water partition coefficient (Wildman–Crippen LogP) is 4.34. The van der Waals surface area contributed by atoms with Gasteiger partial charge in [-0.05, 0) is 59.1 Å². The molecule has 2 N–H and O–H groups in total. The second kappa shape index (κ2) is 6.03. The van der Waals surface area contributed by atoms with Gasteiger partial charge in [0.05, 0.1) is 0 Å². The van der Waals surface area contributed by atoms with Crippen LogP contribution in [0.5, 0.6) is 5.75 Å². The fourth-order valence-electron chi connectivity index (χ4n) is 1.89. The van der Waals surface area contributed by atoms with E-state index in [1.165, 1.54) is 4.88 Å². The van der Waals surface area contributed by atoms with Crippen LogP contribution in [0.4, 0.5) is 0 Å². The Kier molecular flexibility index (Phi) is 4.60. The molecule has 1 aromatic heterocycles. The zero-order chi connectivity index (χ0) is 14.0. The SMILES string of the molecule is Cc1cc(C(N)=S)cc(C)c1OCc1cc(Br)cs1. The van der Waals surface area contributed by atoms with Crippen LogP contribution in [0.2, 0.25) is 0 Å². The Hall–Kier alpha value is -0.910. The van der Waals surface area contributed by atoms with E-state index in [4.69, 9.17) is 22.7 Å². The highest BCUT2D eigenvalue weighted by Crippen LogP contribution is 2.27. The molecular formula is C14H14BrNOS2. The van der Waals surface area contributed by atoms with Gasteiger partial charge in [-0.3, -0.25) is 0 Å². The molecule has 0 bridgehead atoms. The molecule has 0 radical (unpaired) electrons. The first kappa shape index (κ1) is 14.5. The monoisotopic (exact) mass is 355 g/mol. The fourth-order valence-corrected chi connectivity index (χ4v) is 3.37. The third-order valence-corrected chi connectivity index (χ3v) is 4.63. The standard InChI is InChI=1S/C14H14BrNOS2/c1-8-3-10(14(16)18)4-9(2)13(8)17-6-12-5-11(15)7-19-12/h3-5,7H,6H2,1-2H3,(H2,16,18). The Balaban J connectivity index is 2.18. The van der Waals surface area contributed by atoms with Crippen LogP contribution in [0.3, 0.4) is 0 Å². The summed E-state index contributed by atoms with van der Waals surface area (Å²) in [5.41, 5.74) is 8.65. The molecular weight excluding hydrogens is 342 g/mol. The Bertz CT molecular complexity index is 599. The molecule has 0 aliphatic heterocycles. The van der Waals surface area contributed by atoms with Crippen molar-refractivity contribution in [3.05, 3.63) is 49.6 Å². The van der Waals surface area contributed by atoms with Gasteiger partial charge in [0.15, 0.2) is 0 Å². The molecule has 0 fully saturated rings. The summed E-state index contributed by atoms with van der Waals surface area (Å²) in [4.78, 5) is 1.60. The lowest BCUT2D eigenvalue weighted by Gasteiger charge is -2.13. The lowest BCUT2D eigenvalue weighted by atomic mass is 10.1. The average molecular weight is 356 g/mol. The lowest BCUT2D eigenvalue weighted by Crippen LogP contribution is -2.10. The topological polar surface area (TPSA) is 35.2 Å². The fraction of sp³-hybridized carbons (Fsp3) is 0.214. The number of nitrogens with two attached hydrogens (primary N) is 1. The van der Waals surface area contributed by atoms with Crippen LogP contribution < -0.4 is 10.5 Å². The van der Waals surface area contributed by atoms with Crippen LogP contribution in [-0.4, -0.2) is 4.99 Å². The maximum absolute atomic E-state index is 5.91. The Morgan fingerprint density at radius 1 is 1.32 bits per heavy atom. The highest BCUT2D eigenvalue weighted by molar-refractivity contribution is 9.10. The van der Waals surface area contributed by atoms with E-state index >= 15 is 0 Å².